The molecule has 1 aromatic carbocycles. The zero-order valence-electron chi connectivity index (χ0n) is 8.76. The van der Waals surface area contributed by atoms with Crippen LogP contribution in [0.1, 0.15) is 18.9 Å². The van der Waals surface area contributed by atoms with Gasteiger partial charge >= 0.3 is 0 Å². The van der Waals surface area contributed by atoms with Gasteiger partial charge in [0.05, 0.1) is 0 Å². The highest BCUT2D eigenvalue weighted by molar-refractivity contribution is 5.23. The molecule has 15 heavy (non-hydrogen) atoms. The van der Waals surface area contributed by atoms with Gasteiger partial charge in [0.2, 0.25) is 0 Å². The van der Waals surface area contributed by atoms with Crippen molar-refractivity contribution in [2.75, 3.05) is 6.54 Å². The zero-order valence-corrected chi connectivity index (χ0v) is 8.76. The third-order valence-electron chi connectivity index (χ3n) is 2.14. The van der Waals surface area contributed by atoms with Crippen LogP contribution in [0.15, 0.2) is 29.8 Å². The maximum atomic E-state index is 13.2. The SMILES string of the molecule is CC(=CCCN)Cc1cc(F)ccc1F. The van der Waals surface area contributed by atoms with Crippen LogP contribution in [-0.4, -0.2) is 6.54 Å². The minimum absolute atomic E-state index is 0.364. The zero-order chi connectivity index (χ0) is 11.3. The van der Waals surface area contributed by atoms with E-state index in [0.717, 1.165) is 24.1 Å². The molecule has 0 unspecified atom stereocenters. The molecule has 0 aliphatic rings. The van der Waals surface area contributed by atoms with Gasteiger partial charge in [0.15, 0.2) is 0 Å². The molecule has 0 bridgehead atoms. The summed E-state index contributed by atoms with van der Waals surface area (Å²) < 4.78 is 26.1. The summed E-state index contributed by atoms with van der Waals surface area (Å²) in [7, 11) is 0. The smallest absolute Gasteiger partial charge is 0.126 e. The van der Waals surface area contributed by atoms with Gasteiger partial charge in [0.1, 0.15) is 11.6 Å². The summed E-state index contributed by atoms with van der Waals surface area (Å²) in [5, 5.41) is 0. The number of rotatable bonds is 4. The Morgan fingerprint density at radius 2 is 2.13 bits per heavy atom. The molecule has 2 N–H and O–H groups in total. The first-order valence-corrected chi connectivity index (χ1v) is 4.93. The van der Waals surface area contributed by atoms with Crippen LogP contribution in [-0.2, 0) is 6.42 Å². The number of nitrogens with two attached hydrogens (primary N) is 1. The highest BCUT2D eigenvalue weighted by atomic mass is 19.1. The molecule has 0 spiro atoms. The predicted octanol–water partition coefficient (Wildman–Crippen LogP) is 2.80. The van der Waals surface area contributed by atoms with E-state index < -0.39 is 5.82 Å². The Balaban J connectivity index is 2.75. The van der Waals surface area contributed by atoms with Gasteiger partial charge in [-0.3, -0.25) is 0 Å². The molecule has 1 nitrogen and oxygen atoms in total. The van der Waals surface area contributed by atoms with E-state index in [9.17, 15) is 8.78 Å². The molecule has 0 heterocycles. The van der Waals surface area contributed by atoms with Crippen molar-refractivity contribution in [1.82, 2.24) is 0 Å². The lowest BCUT2D eigenvalue weighted by molar-refractivity contribution is 0.588. The molecule has 0 atom stereocenters. The van der Waals surface area contributed by atoms with Gasteiger partial charge in [0, 0.05) is 0 Å². The monoisotopic (exact) mass is 211 g/mol. The van der Waals surface area contributed by atoms with Gasteiger partial charge in [-0.1, -0.05) is 11.6 Å². The second kappa shape index (κ2) is 5.61. The first kappa shape index (κ1) is 11.9. The quantitative estimate of drug-likeness (QED) is 0.761. The number of hydrogen-bond acceptors (Lipinski definition) is 1. The van der Waals surface area contributed by atoms with Crippen LogP contribution in [0.3, 0.4) is 0 Å². The van der Waals surface area contributed by atoms with E-state index >= 15 is 0 Å². The molecule has 1 aromatic rings. The predicted molar refractivity (Wildman–Crippen MR) is 57.5 cm³/mol. The van der Waals surface area contributed by atoms with Gasteiger partial charge < -0.3 is 5.73 Å². The summed E-state index contributed by atoms with van der Waals surface area (Å²) in [5.41, 5.74) is 6.74. The third-order valence-corrected chi connectivity index (χ3v) is 2.14. The molecule has 1 rings (SSSR count). The van der Waals surface area contributed by atoms with Crippen LogP contribution in [0.4, 0.5) is 8.78 Å². The molecule has 0 saturated carbocycles. The summed E-state index contributed by atoms with van der Waals surface area (Å²) >= 11 is 0. The summed E-state index contributed by atoms with van der Waals surface area (Å²) in [5.74, 6) is -0.769. The third kappa shape index (κ3) is 3.80. The van der Waals surface area contributed by atoms with Crippen LogP contribution >= 0.6 is 0 Å². The van der Waals surface area contributed by atoms with Crippen molar-refractivity contribution in [2.24, 2.45) is 5.73 Å². The Kier molecular flexibility index (Phi) is 4.43. The van der Waals surface area contributed by atoms with Gasteiger partial charge in [0.25, 0.3) is 0 Å². The number of benzene rings is 1. The Labute approximate surface area is 88.6 Å². The van der Waals surface area contributed by atoms with Crippen molar-refractivity contribution >= 4 is 0 Å². The van der Waals surface area contributed by atoms with Crippen LogP contribution in [0.5, 0.6) is 0 Å². The molecular weight excluding hydrogens is 196 g/mol. The van der Waals surface area contributed by atoms with Gasteiger partial charge in [-0.2, -0.15) is 0 Å². The Morgan fingerprint density at radius 3 is 2.80 bits per heavy atom. The summed E-state index contributed by atoms with van der Waals surface area (Å²) in [6, 6.07) is 3.51. The fourth-order valence-electron chi connectivity index (χ4n) is 1.38. The average Bonchev–Trinajstić information content (AvgIpc) is 2.20. The Hall–Kier alpha value is -1.22. The van der Waals surface area contributed by atoms with Crippen LogP contribution in [0, 0.1) is 11.6 Å². The molecule has 0 aliphatic heterocycles. The maximum Gasteiger partial charge on any atom is 0.126 e. The normalized spacial score (nSPS) is 11.9. The largest absolute Gasteiger partial charge is 0.330 e. The topological polar surface area (TPSA) is 26.0 Å². The van der Waals surface area contributed by atoms with Crippen molar-refractivity contribution in [2.45, 2.75) is 19.8 Å². The Morgan fingerprint density at radius 1 is 1.40 bits per heavy atom. The van der Waals surface area contributed by atoms with E-state index in [2.05, 4.69) is 0 Å². The summed E-state index contributed by atoms with van der Waals surface area (Å²) in [4.78, 5) is 0. The molecule has 82 valence electrons. The second-order valence-electron chi connectivity index (χ2n) is 3.54. The molecule has 0 amide bonds. The molecule has 0 aromatic heterocycles. The number of hydrogen-bond donors (Lipinski definition) is 1. The summed E-state index contributed by atoms with van der Waals surface area (Å²) in [6.45, 7) is 2.46. The number of halogens is 2. The van der Waals surface area contributed by atoms with Crippen LogP contribution < -0.4 is 5.73 Å². The van der Waals surface area contributed by atoms with E-state index in [1.807, 2.05) is 13.0 Å². The van der Waals surface area contributed by atoms with E-state index in [0.29, 0.717) is 18.5 Å². The highest BCUT2D eigenvalue weighted by Gasteiger charge is 2.03. The molecule has 0 aliphatic carbocycles. The average molecular weight is 211 g/mol. The van der Waals surface area contributed by atoms with E-state index in [1.165, 1.54) is 6.07 Å². The van der Waals surface area contributed by atoms with Crippen molar-refractivity contribution in [1.29, 1.82) is 0 Å². The van der Waals surface area contributed by atoms with E-state index in [4.69, 9.17) is 5.73 Å². The van der Waals surface area contributed by atoms with Crippen molar-refractivity contribution in [3.63, 3.8) is 0 Å². The lowest BCUT2D eigenvalue weighted by atomic mass is 10.0. The second-order valence-corrected chi connectivity index (χ2v) is 3.54. The molecular formula is C12H15F2N. The molecule has 0 fully saturated rings. The fraction of sp³-hybridized carbons (Fsp3) is 0.333. The first-order chi connectivity index (χ1) is 7.13. The van der Waals surface area contributed by atoms with Crippen molar-refractivity contribution in [3.8, 4) is 0 Å². The van der Waals surface area contributed by atoms with E-state index in [-0.39, 0.29) is 5.82 Å². The maximum absolute atomic E-state index is 13.2. The standard InChI is InChI=1S/C12H15F2N/c1-9(3-2-6-15)7-10-8-11(13)4-5-12(10)14/h3-5,8H,2,6-7,15H2,1H3. The van der Waals surface area contributed by atoms with Gasteiger partial charge in [-0.15, -0.1) is 0 Å². The minimum Gasteiger partial charge on any atom is -0.330 e. The lowest BCUT2D eigenvalue weighted by Gasteiger charge is -2.03. The molecule has 3 heteroatoms. The fourth-order valence-corrected chi connectivity index (χ4v) is 1.38. The molecule has 0 saturated heterocycles. The minimum atomic E-state index is -0.405. The van der Waals surface area contributed by atoms with Gasteiger partial charge in [-0.05, 0) is 50.1 Å². The van der Waals surface area contributed by atoms with Crippen LogP contribution in [0.2, 0.25) is 0 Å². The van der Waals surface area contributed by atoms with E-state index in [1.54, 1.807) is 0 Å². The lowest BCUT2D eigenvalue weighted by Crippen LogP contribution is -1.98. The van der Waals surface area contributed by atoms with Crippen molar-refractivity contribution < 1.29 is 8.78 Å². The summed E-state index contributed by atoms with van der Waals surface area (Å²) in [6.07, 6.45) is 3.15. The van der Waals surface area contributed by atoms with Crippen LogP contribution in [0.25, 0.3) is 0 Å². The van der Waals surface area contributed by atoms with Gasteiger partial charge in [-0.25, -0.2) is 8.78 Å². The molecule has 0 radical (unpaired) electrons. The Bertz CT molecular complexity index is 359. The highest BCUT2D eigenvalue weighted by Crippen LogP contribution is 2.14. The van der Waals surface area contributed by atoms with Crippen molar-refractivity contribution in [3.05, 3.63) is 47.0 Å². The first-order valence-electron chi connectivity index (χ1n) is 4.93. The number of allylic oxidation sites excluding steroid dienone is 1.